The number of alkyl halides is 3. The number of nitrogens with one attached hydrogen (secondary N) is 2. The highest BCUT2D eigenvalue weighted by atomic mass is 32.1. The lowest BCUT2D eigenvalue weighted by atomic mass is 10.2. The Kier molecular flexibility index (Phi) is 6.64. The fourth-order valence-electron chi connectivity index (χ4n) is 2.96. The van der Waals surface area contributed by atoms with Gasteiger partial charge in [0, 0.05) is 18.0 Å². The molecular weight excluding hydrogens is 467 g/mol. The van der Waals surface area contributed by atoms with Gasteiger partial charge in [0.2, 0.25) is 0 Å². The van der Waals surface area contributed by atoms with Gasteiger partial charge in [0.15, 0.2) is 0 Å². The van der Waals surface area contributed by atoms with Crippen LogP contribution in [0.4, 0.5) is 23.9 Å². The molecule has 0 unspecified atom stereocenters. The van der Waals surface area contributed by atoms with Crippen molar-refractivity contribution in [1.29, 1.82) is 0 Å². The van der Waals surface area contributed by atoms with E-state index in [1.807, 2.05) is 30.3 Å². The molecule has 0 spiro atoms. The van der Waals surface area contributed by atoms with E-state index < -0.39 is 17.4 Å². The summed E-state index contributed by atoms with van der Waals surface area (Å²) in [4.78, 5) is 19.9. The molecule has 0 aliphatic rings. The van der Waals surface area contributed by atoms with E-state index in [0.717, 1.165) is 23.8 Å². The summed E-state index contributed by atoms with van der Waals surface area (Å²) < 4.78 is 46.4. The molecule has 0 aliphatic carbocycles. The van der Waals surface area contributed by atoms with Crippen LogP contribution < -0.4 is 21.3 Å². The van der Waals surface area contributed by atoms with Crippen molar-refractivity contribution >= 4 is 28.1 Å². The normalized spacial score (nSPS) is 11.9. The molecular formula is C23H18F3N5O2S. The highest BCUT2D eigenvalue weighted by Gasteiger charge is 2.32. The monoisotopic (exact) mass is 485 g/mol. The van der Waals surface area contributed by atoms with Gasteiger partial charge >= 0.3 is 6.18 Å². The number of nitrogens with zero attached hydrogens (tertiary/aromatic N) is 2. The van der Waals surface area contributed by atoms with Gasteiger partial charge in [0.05, 0.1) is 6.54 Å². The maximum absolute atomic E-state index is 12.7. The van der Waals surface area contributed by atoms with E-state index in [1.165, 1.54) is 6.07 Å². The quantitative estimate of drug-likeness (QED) is 0.244. The second kappa shape index (κ2) is 9.79. The first kappa shape index (κ1) is 23.1. The summed E-state index contributed by atoms with van der Waals surface area (Å²) in [5.41, 5.74) is 5.83. The van der Waals surface area contributed by atoms with Gasteiger partial charge in [-0.1, -0.05) is 30.3 Å². The maximum atomic E-state index is 12.7. The van der Waals surface area contributed by atoms with Crippen LogP contribution in [0.25, 0.3) is 0 Å². The van der Waals surface area contributed by atoms with Crippen LogP contribution in [-0.4, -0.2) is 15.2 Å². The van der Waals surface area contributed by atoms with Gasteiger partial charge in [-0.15, -0.1) is 0 Å². The standard InChI is InChI=1S/C23H18F3N5O2S/c24-23(25,26)18-10-9-14(12-28-18)13-29-20(27)19-21(32)31-34-22(19)30-15-5-4-8-17(11-15)33-16-6-2-1-3-7-16/h1-12,30H,13H2,(H2,27,29)(H,31,32). The third kappa shape index (κ3) is 5.62. The highest BCUT2D eigenvalue weighted by molar-refractivity contribution is 7.10. The number of rotatable bonds is 7. The first-order valence-electron chi connectivity index (χ1n) is 9.93. The lowest BCUT2D eigenvalue weighted by molar-refractivity contribution is -0.141. The Morgan fingerprint density at radius 1 is 1.09 bits per heavy atom. The van der Waals surface area contributed by atoms with Crippen LogP contribution in [-0.2, 0) is 12.7 Å². The molecule has 34 heavy (non-hydrogen) atoms. The number of aromatic nitrogens is 2. The third-order valence-corrected chi connectivity index (χ3v) is 5.37. The lowest BCUT2D eigenvalue weighted by Gasteiger charge is -2.09. The fraction of sp³-hybridized carbons (Fsp3) is 0.0870. The molecule has 0 fully saturated rings. The largest absolute Gasteiger partial charge is 0.457 e. The summed E-state index contributed by atoms with van der Waals surface area (Å²) >= 11 is 1.05. The van der Waals surface area contributed by atoms with Crippen LogP contribution in [0.3, 0.4) is 0 Å². The number of ether oxygens (including phenoxy) is 1. The van der Waals surface area contributed by atoms with Crippen LogP contribution in [0, 0.1) is 0 Å². The summed E-state index contributed by atoms with van der Waals surface area (Å²) in [6.07, 6.45) is -3.44. The first-order chi connectivity index (χ1) is 16.3. The average molecular weight is 485 g/mol. The molecule has 2 aromatic heterocycles. The van der Waals surface area contributed by atoms with E-state index >= 15 is 0 Å². The number of anilines is 2. The molecule has 0 atom stereocenters. The Labute approximate surface area is 195 Å². The minimum Gasteiger partial charge on any atom is -0.457 e. The second-order valence-corrected chi connectivity index (χ2v) is 7.87. The number of hydrogen-bond donors (Lipinski definition) is 3. The van der Waals surface area contributed by atoms with Crippen molar-refractivity contribution in [2.45, 2.75) is 12.7 Å². The molecule has 11 heteroatoms. The third-order valence-electron chi connectivity index (χ3n) is 4.57. The smallest absolute Gasteiger partial charge is 0.433 e. The number of halogens is 3. The van der Waals surface area contributed by atoms with Crippen LogP contribution in [0.15, 0.2) is 82.7 Å². The van der Waals surface area contributed by atoms with Gasteiger partial charge < -0.3 is 15.8 Å². The van der Waals surface area contributed by atoms with Crippen LogP contribution in [0.5, 0.6) is 11.5 Å². The van der Waals surface area contributed by atoms with E-state index in [9.17, 15) is 18.0 Å². The number of aromatic amines is 1. The minimum atomic E-state index is -4.52. The number of benzene rings is 2. The van der Waals surface area contributed by atoms with Crippen LogP contribution >= 0.6 is 11.5 Å². The molecule has 2 heterocycles. The van der Waals surface area contributed by atoms with Crippen molar-refractivity contribution in [3.63, 3.8) is 0 Å². The van der Waals surface area contributed by atoms with Crippen LogP contribution in [0.1, 0.15) is 16.8 Å². The van der Waals surface area contributed by atoms with Gasteiger partial charge in [-0.05, 0) is 47.4 Å². The van der Waals surface area contributed by atoms with Gasteiger partial charge in [0.1, 0.15) is 33.6 Å². The Morgan fingerprint density at radius 3 is 2.56 bits per heavy atom. The van der Waals surface area contributed by atoms with E-state index in [1.54, 1.807) is 24.3 Å². The van der Waals surface area contributed by atoms with Crippen molar-refractivity contribution < 1.29 is 17.9 Å². The summed E-state index contributed by atoms with van der Waals surface area (Å²) in [5.74, 6) is 1.22. The Bertz CT molecular complexity index is 1350. The molecule has 7 nitrogen and oxygen atoms in total. The fourth-order valence-corrected chi connectivity index (χ4v) is 3.72. The van der Waals surface area contributed by atoms with Crippen LogP contribution in [0.2, 0.25) is 0 Å². The number of amidine groups is 1. The van der Waals surface area contributed by atoms with E-state index in [0.29, 0.717) is 27.8 Å². The minimum absolute atomic E-state index is 0.0356. The Balaban J connectivity index is 1.50. The van der Waals surface area contributed by atoms with Gasteiger partial charge in [-0.3, -0.25) is 19.1 Å². The zero-order chi connectivity index (χ0) is 24.1. The molecule has 2 aromatic carbocycles. The predicted octanol–water partition coefficient (Wildman–Crippen LogP) is 5.29. The van der Waals surface area contributed by atoms with Gasteiger partial charge in [0.25, 0.3) is 5.56 Å². The molecule has 0 aliphatic heterocycles. The predicted molar refractivity (Wildman–Crippen MR) is 125 cm³/mol. The molecule has 0 amide bonds. The first-order valence-corrected chi connectivity index (χ1v) is 10.7. The molecule has 0 radical (unpaired) electrons. The molecule has 4 N–H and O–H groups in total. The Morgan fingerprint density at radius 2 is 1.85 bits per heavy atom. The maximum Gasteiger partial charge on any atom is 0.433 e. The number of nitrogens with two attached hydrogens (primary N) is 1. The van der Waals surface area contributed by atoms with Crippen molar-refractivity contribution in [2.75, 3.05) is 5.32 Å². The lowest BCUT2D eigenvalue weighted by Crippen LogP contribution is -2.22. The van der Waals surface area contributed by atoms with Crippen molar-refractivity contribution in [1.82, 2.24) is 9.36 Å². The number of aliphatic imine (C=N–C) groups is 1. The second-order valence-electron chi connectivity index (χ2n) is 7.06. The SMILES string of the molecule is NC(=NCc1ccc(C(F)(F)F)nc1)c1c(Nc2cccc(Oc3ccccc3)c2)s[nH]c1=O. The van der Waals surface area contributed by atoms with Crippen molar-refractivity contribution in [2.24, 2.45) is 10.7 Å². The van der Waals surface area contributed by atoms with Gasteiger partial charge in [-0.25, -0.2) is 0 Å². The molecule has 4 aromatic rings. The summed E-state index contributed by atoms with van der Waals surface area (Å²) in [6.45, 7) is -0.0356. The average Bonchev–Trinajstić information content (AvgIpc) is 3.18. The number of H-pyrrole nitrogens is 1. The van der Waals surface area contributed by atoms with E-state index in [4.69, 9.17) is 10.5 Å². The molecule has 0 saturated carbocycles. The highest BCUT2D eigenvalue weighted by Crippen LogP contribution is 2.29. The number of para-hydroxylation sites is 1. The number of hydrogen-bond acceptors (Lipinski definition) is 6. The molecule has 4 rings (SSSR count). The molecule has 0 bridgehead atoms. The van der Waals surface area contributed by atoms with E-state index in [-0.39, 0.29) is 17.9 Å². The zero-order valence-electron chi connectivity index (χ0n) is 17.5. The van der Waals surface area contributed by atoms with Crippen molar-refractivity contribution in [3.05, 3.63) is 100 Å². The summed E-state index contributed by atoms with van der Waals surface area (Å²) in [7, 11) is 0. The molecule has 0 saturated heterocycles. The van der Waals surface area contributed by atoms with E-state index in [2.05, 4.69) is 19.7 Å². The molecule has 174 valence electrons. The zero-order valence-corrected chi connectivity index (χ0v) is 18.3. The Hall–Kier alpha value is -4.12. The summed E-state index contributed by atoms with van der Waals surface area (Å²) in [6, 6.07) is 18.6. The topological polar surface area (TPSA) is 105 Å². The summed E-state index contributed by atoms with van der Waals surface area (Å²) in [5, 5.41) is 3.57. The van der Waals surface area contributed by atoms with Gasteiger partial charge in [-0.2, -0.15) is 13.2 Å². The van der Waals surface area contributed by atoms with Crippen molar-refractivity contribution in [3.8, 4) is 11.5 Å². The number of pyridine rings is 1.